The molecule has 0 saturated carbocycles. The minimum absolute atomic E-state index is 0.0336. The number of carbonyl (C=O) groups is 4. The summed E-state index contributed by atoms with van der Waals surface area (Å²) in [5.74, 6) is -1.45. The summed E-state index contributed by atoms with van der Waals surface area (Å²) in [5, 5.41) is 5.54. The number of ether oxygens (including phenoxy) is 1. The molecule has 0 saturated heterocycles. The molecule has 4 amide bonds. The van der Waals surface area contributed by atoms with Gasteiger partial charge in [0.1, 0.15) is 17.7 Å². The van der Waals surface area contributed by atoms with Crippen molar-refractivity contribution in [2.45, 2.75) is 97.4 Å². The molecule has 0 radical (unpaired) electrons. The number of hydrogen-bond donors (Lipinski definition) is 3. The number of nitrogens with zero attached hydrogens (tertiary/aromatic N) is 1. The highest BCUT2D eigenvalue weighted by Crippen LogP contribution is 2.27. The lowest BCUT2D eigenvalue weighted by Gasteiger charge is -2.37. The highest BCUT2D eigenvalue weighted by molar-refractivity contribution is 5.92. The summed E-state index contributed by atoms with van der Waals surface area (Å²) in [6.07, 6.45) is 3.51. The molecule has 2 atom stereocenters. The van der Waals surface area contributed by atoms with Crippen LogP contribution in [0.5, 0.6) is 0 Å². The lowest BCUT2D eigenvalue weighted by Crippen LogP contribution is -2.55. The normalized spacial score (nSPS) is 12.8. The second kappa shape index (κ2) is 15.0. The smallest absolute Gasteiger partial charge is 0.408 e. The van der Waals surface area contributed by atoms with Crippen LogP contribution in [0.1, 0.15) is 90.8 Å². The Morgan fingerprint density at radius 1 is 1.16 bits per heavy atom. The monoisotopic (exact) mass is 516 g/mol. The van der Waals surface area contributed by atoms with E-state index in [1.54, 1.807) is 52.8 Å². The van der Waals surface area contributed by atoms with Gasteiger partial charge < -0.3 is 26.0 Å². The highest BCUT2D eigenvalue weighted by atomic mass is 16.6. The van der Waals surface area contributed by atoms with Crippen LogP contribution in [0, 0.1) is 0 Å². The molecule has 0 heterocycles. The van der Waals surface area contributed by atoms with Crippen LogP contribution in [0.4, 0.5) is 4.79 Å². The Morgan fingerprint density at radius 2 is 1.84 bits per heavy atom. The molecule has 9 heteroatoms. The number of nitrogens with two attached hydrogens (primary N) is 1. The predicted molar refractivity (Wildman–Crippen MR) is 145 cm³/mol. The third-order valence-corrected chi connectivity index (χ3v) is 5.55. The number of rotatable bonds is 14. The lowest BCUT2D eigenvalue weighted by atomic mass is 9.98. The maximum atomic E-state index is 14.0. The van der Waals surface area contributed by atoms with E-state index < -0.39 is 41.6 Å². The van der Waals surface area contributed by atoms with Crippen molar-refractivity contribution < 1.29 is 23.9 Å². The average molecular weight is 517 g/mol. The van der Waals surface area contributed by atoms with E-state index in [0.29, 0.717) is 12.1 Å². The Bertz CT molecular complexity index is 939. The Hall–Kier alpha value is -3.36. The molecule has 0 aliphatic heterocycles. The number of nitrogens with one attached hydrogen (secondary N) is 2. The van der Waals surface area contributed by atoms with Gasteiger partial charge in [0.05, 0.1) is 0 Å². The van der Waals surface area contributed by atoms with Crippen LogP contribution in [0.25, 0.3) is 6.08 Å². The van der Waals surface area contributed by atoms with Gasteiger partial charge in [0, 0.05) is 19.0 Å². The first-order chi connectivity index (χ1) is 17.3. The molecule has 0 bridgehead atoms. The van der Waals surface area contributed by atoms with Crippen molar-refractivity contribution in [2.75, 3.05) is 6.54 Å². The van der Waals surface area contributed by atoms with E-state index >= 15 is 0 Å². The van der Waals surface area contributed by atoms with Gasteiger partial charge in [-0.1, -0.05) is 50.6 Å². The van der Waals surface area contributed by atoms with E-state index in [2.05, 4.69) is 24.1 Å². The number of alkyl carbamates (subject to hydrolysis) is 1. The van der Waals surface area contributed by atoms with Gasteiger partial charge in [-0.2, -0.15) is 0 Å². The van der Waals surface area contributed by atoms with Gasteiger partial charge in [-0.05, 0) is 64.7 Å². The zero-order chi connectivity index (χ0) is 28.2. The molecule has 9 nitrogen and oxygen atoms in total. The number of carbonyl (C=O) groups excluding carboxylic acids is 4. The Kier molecular flexibility index (Phi) is 12.9. The minimum Gasteiger partial charge on any atom is -0.444 e. The fourth-order valence-electron chi connectivity index (χ4n) is 3.83. The van der Waals surface area contributed by atoms with Crippen LogP contribution in [-0.4, -0.2) is 52.9 Å². The van der Waals surface area contributed by atoms with Gasteiger partial charge in [0.15, 0.2) is 0 Å². The minimum atomic E-state index is -1.12. The molecule has 1 aromatic carbocycles. The molecule has 0 fully saturated rings. The molecular weight excluding hydrogens is 472 g/mol. The second-order valence-electron chi connectivity index (χ2n) is 10.3. The van der Waals surface area contributed by atoms with Crippen LogP contribution in [0.15, 0.2) is 30.8 Å². The maximum absolute atomic E-state index is 14.0. The van der Waals surface area contributed by atoms with Gasteiger partial charge in [-0.3, -0.25) is 14.4 Å². The number of benzene rings is 1. The van der Waals surface area contributed by atoms with Crippen LogP contribution in [0.2, 0.25) is 0 Å². The summed E-state index contributed by atoms with van der Waals surface area (Å²) < 4.78 is 5.34. The van der Waals surface area contributed by atoms with E-state index in [1.165, 1.54) is 4.90 Å². The van der Waals surface area contributed by atoms with Crippen molar-refractivity contribution in [1.82, 2.24) is 15.5 Å². The molecule has 1 aromatic rings. The van der Waals surface area contributed by atoms with Crippen molar-refractivity contribution in [1.29, 1.82) is 0 Å². The lowest BCUT2D eigenvalue weighted by molar-refractivity contribution is -0.144. The molecular formula is C28H44N4O5. The van der Waals surface area contributed by atoms with Crippen LogP contribution in [0.3, 0.4) is 0 Å². The topological polar surface area (TPSA) is 131 Å². The molecule has 0 aliphatic rings. The number of amides is 4. The highest BCUT2D eigenvalue weighted by Gasteiger charge is 2.37. The zero-order valence-corrected chi connectivity index (χ0v) is 23.1. The fourth-order valence-corrected chi connectivity index (χ4v) is 3.83. The standard InChI is InChI=1S/C28H44N4O5/c1-8-10-11-17-30-25(34)24(21-14-12-13-20(9-2)18-21)32(19(3)4)26(35)22(15-16-23(29)33)31-27(36)37-28(5,6)7/h9,12-14,18-19,22,24H,2,8,10-11,15-17H2,1,3-7H3,(H2,29,33)(H,30,34)(H,31,36). The molecule has 37 heavy (non-hydrogen) atoms. The summed E-state index contributed by atoms with van der Waals surface area (Å²) in [6.45, 7) is 15.1. The van der Waals surface area contributed by atoms with Crippen molar-refractivity contribution >= 4 is 29.9 Å². The Morgan fingerprint density at radius 3 is 2.38 bits per heavy atom. The molecule has 1 rings (SSSR count). The van der Waals surface area contributed by atoms with E-state index in [-0.39, 0.29) is 18.7 Å². The Balaban J connectivity index is 3.45. The number of hydrogen-bond acceptors (Lipinski definition) is 5. The van der Waals surface area contributed by atoms with Crippen LogP contribution >= 0.6 is 0 Å². The van der Waals surface area contributed by atoms with E-state index in [9.17, 15) is 19.2 Å². The average Bonchev–Trinajstić information content (AvgIpc) is 2.80. The molecule has 0 spiro atoms. The second-order valence-corrected chi connectivity index (χ2v) is 10.3. The van der Waals surface area contributed by atoms with Crippen molar-refractivity contribution in [3.05, 3.63) is 42.0 Å². The van der Waals surface area contributed by atoms with Gasteiger partial charge in [0.2, 0.25) is 17.7 Å². The zero-order valence-electron chi connectivity index (χ0n) is 23.1. The molecule has 206 valence electrons. The molecule has 2 unspecified atom stereocenters. The first kappa shape index (κ1) is 31.7. The van der Waals surface area contributed by atoms with E-state index in [4.69, 9.17) is 10.5 Å². The third-order valence-electron chi connectivity index (χ3n) is 5.55. The molecule has 4 N–H and O–H groups in total. The fraction of sp³-hybridized carbons (Fsp3) is 0.571. The summed E-state index contributed by atoms with van der Waals surface area (Å²) in [7, 11) is 0. The van der Waals surface area contributed by atoms with Crippen LogP contribution < -0.4 is 16.4 Å². The number of unbranched alkanes of at least 4 members (excludes halogenated alkanes) is 2. The van der Waals surface area contributed by atoms with Crippen molar-refractivity contribution in [3.63, 3.8) is 0 Å². The summed E-state index contributed by atoms with van der Waals surface area (Å²) >= 11 is 0. The molecule has 0 aliphatic carbocycles. The van der Waals surface area contributed by atoms with Crippen molar-refractivity contribution in [3.8, 4) is 0 Å². The molecule has 0 aromatic heterocycles. The van der Waals surface area contributed by atoms with Gasteiger partial charge in [-0.15, -0.1) is 0 Å². The largest absolute Gasteiger partial charge is 0.444 e. The third kappa shape index (κ3) is 11.1. The summed E-state index contributed by atoms with van der Waals surface area (Å²) in [6, 6.07) is 4.75. The first-order valence-electron chi connectivity index (χ1n) is 12.9. The quantitative estimate of drug-likeness (QED) is 0.321. The van der Waals surface area contributed by atoms with E-state index in [1.807, 2.05) is 12.1 Å². The summed E-state index contributed by atoms with van der Waals surface area (Å²) in [5.41, 5.74) is 5.96. The number of primary amides is 1. The van der Waals surface area contributed by atoms with Gasteiger partial charge in [-0.25, -0.2) is 4.79 Å². The van der Waals surface area contributed by atoms with Crippen molar-refractivity contribution in [2.24, 2.45) is 5.73 Å². The SMILES string of the molecule is C=Cc1cccc(C(C(=O)NCCCCC)N(C(=O)C(CCC(N)=O)NC(=O)OC(C)(C)C)C(C)C)c1. The summed E-state index contributed by atoms with van der Waals surface area (Å²) in [4.78, 5) is 53.0. The van der Waals surface area contributed by atoms with Gasteiger partial charge >= 0.3 is 6.09 Å². The first-order valence-corrected chi connectivity index (χ1v) is 12.9. The van der Waals surface area contributed by atoms with Crippen LogP contribution in [-0.2, 0) is 19.1 Å². The van der Waals surface area contributed by atoms with E-state index in [0.717, 1.165) is 24.8 Å². The maximum Gasteiger partial charge on any atom is 0.408 e. The van der Waals surface area contributed by atoms with Gasteiger partial charge in [0.25, 0.3) is 0 Å². The predicted octanol–water partition coefficient (Wildman–Crippen LogP) is 4.07. The Labute approximate surface area is 221 Å².